The summed E-state index contributed by atoms with van der Waals surface area (Å²) in [5.74, 6) is 0. The van der Waals surface area contributed by atoms with Gasteiger partial charge in [-0.15, -0.1) is 11.3 Å². The Labute approximate surface area is 270 Å². The molecule has 1 nitrogen and oxygen atoms in total. The number of H-pyrrole nitrogens is 1. The Hall–Kier alpha value is -5.70. The molecule has 0 aliphatic heterocycles. The van der Waals surface area contributed by atoms with Crippen molar-refractivity contribution in [3.05, 3.63) is 158 Å². The van der Waals surface area contributed by atoms with E-state index in [4.69, 9.17) is 0 Å². The van der Waals surface area contributed by atoms with Gasteiger partial charge in [0, 0.05) is 41.9 Å². The smallest absolute Gasteiger partial charge is 0.0551 e. The van der Waals surface area contributed by atoms with Crippen LogP contribution >= 0.6 is 11.3 Å². The van der Waals surface area contributed by atoms with Crippen LogP contribution < -0.4 is 0 Å². The zero-order valence-corrected chi connectivity index (χ0v) is 25.7. The monoisotopic (exact) mass is 601 g/mol. The van der Waals surface area contributed by atoms with E-state index in [0.717, 1.165) is 0 Å². The molecule has 0 spiro atoms. The molecule has 0 fully saturated rings. The maximum absolute atomic E-state index is 3.95. The minimum absolute atomic E-state index is 1.18. The lowest BCUT2D eigenvalue weighted by molar-refractivity contribution is 1.54. The van der Waals surface area contributed by atoms with Crippen molar-refractivity contribution in [3.8, 4) is 33.4 Å². The third kappa shape index (κ3) is 3.74. The van der Waals surface area contributed by atoms with Gasteiger partial charge in [0.25, 0.3) is 0 Å². The topological polar surface area (TPSA) is 15.8 Å². The summed E-state index contributed by atoms with van der Waals surface area (Å²) in [4.78, 5) is 3.95. The van der Waals surface area contributed by atoms with Crippen LogP contribution in [-0.2, 0) is 0 Å². The number of benzene rings is 8. The van der Waals surface area contributed by atoms with Crippen molar-refractivity contribution in [2.24, 2.45) is 0 Å². The summed E-state index contributed by atoms with van der Waals surface area (Å²) in [5.41, 5.74) is 9.74. The van der Waals surface area contributed by atoms with Gasteiger partial charge in [-0.05, 0) is 68.2 Å². The van der Waals surface area contributed by atoms with Gasteiger partial charge in [-0.1, -0.05) is 133 Å². The molecule has 0 unspecified atom stereocenters. The lowest BCUT2D eigenvalue weighted by Crippen LogP contribution is -1.87. The fourth-order valence-corrected chi connectivity index (χ4v) is 8.76. The number of para-hydroxylation sites is 1. The highest BCUT2D eigenvalue weighted by Gasteiger charge is 2.18. The average Bonchev–Trinajstić information content (AvgIpc) is 3.71. The Kier molecular flexibility index (Phi) is 5.51. The maximum atomic E-state index is 3.95. The molecule has 0 saturated heterocycles. The Bertz CT molecular complexity index is 2800. The number of hydrogen-bond donors (Lipinski definition) is 1. The van der Waals surface area contributed by atoms with Gasteiger partial charge in [0.15, 0.2) is 0 Å². The number of aromatic amines is 1. The van der Waals surface area contributed by atoms with E-state index >= 15 is 0 Å². The largest absolute Gasteiger partial charge is 0.353 e. The molecule has 10 aromatic rings. The molecular formula is C44H27NS. The summed E-state index contributed by atoms with van der Waals surface area (Å²) in [6.45, 7) is 0. The first-order valence-electron chi connectivity index (χ1n) is 15.8. The summed E-state index contributed by atoms with van der Waals surface area (Å²) in [6, 6.07) is 57.8. The van der Waals surface area contributed by atoms with Crippen molar-refractivity contribution in [1.82, 2.24) is 4.98 Å². The van der Waals surface area contributed by atoms with Crippen LogP contribution in [0.4, 0.5) is 0 Å². The molecule has 10 rings (SSSR count). The number of hydrogen-bond acceptors (Lipinski definition) is 1. The highest BCUT2D eigenvalue weighted by atomic mass is 32.1. The van der Waals surface area contributed by atoms with Crippen LogP contribution in [0.1, 0.15) is 0 Å². The van der Waals surface area contributed by atoms with E-state index in [9.17, 15) is 0 Å². The Balaban J connectivity index is 1.29. The number of aromatic nitrogens is 1. The van der Waals surface area contributed by atoms with Crippen LogP contribution in [0.5, 0.6) is 0 Å². The van der Waals surface area contributed by atoms with Gasteiger partial charge in [0.2, 0.25) is 0 Å². The molecule has 214 valence electrons. The van der Waals surface area contributed by atoms with E-state index < -0.39 is 0 Å². The zero-order chi connectivity index (χ0) is 30.2. The van der Waals surface area contributed by atoms with Gasteiger partial charge in [-0.3, -0.25) is 0 Å². The molecule has 0 amide bonds. The van der Waals surface area contributed by atoms with Crippen LogP contribution in [0.3, 0.4) is 0 Å². The highest BCUT2D eigenvalue weighted by molar-refractivity contribution is 7.26. The van der Waals surface area contributed by atoms with Gasteiger partial charge >= 0.3 is 0 Å². The van der Waals surface area contributed by atoms with Crippen molar-refractivity contribution >= 4 is 74.9 Å². The molecule has 0 bridgehead atoms. The van der Waals surface area contributed by atoms with E-state index in [0.29, 0.717) is 0 Å². The second-order valence-corrected chi connectivity index (χ2v) is 13.2. The molecular weight excluding hydrogens is 575 g/mol. The van der Waals surface area contributed by atoms with Crippen molar-refractivity contribution in [1.29, 1.82) is 0 Å². The summed E-state index contributed by atoms with van der Waals surface area (Å²) in [7, 11) is 0. The van der Waals surface area contributed by atoms with Gasteiger partial charge in [0.05, 0.1) is 11.0 Å². The van der Waals surface area contributed by atoms with Gasteiger partial charge in [-0.25, -0.2) is 0 Å². The summed E-state index contributed by atoms with van der Waals surface area (Å²) < 4.78 is 2.66. The Morgan fingerprint density at radius 3 is 1.72 bits per heavy atom. The molecule has 2 aromatic heterocycles. The van der Waals surface area contributed by atoms with Gasteiger partial charge in [0.1, 0.15) is 0 Å². The van der Waals surface area contributed by atoms with E-state index in [1.807, 2.05) is 11.3 Å². The molecule has 46 heavy (non-hydrogen) atoms. The van der Waals surface area contributed by atoms with Gasteiger partial charge in [-0.2, -0.15) is 0 Å². The SMILES string of the molecule is c1ccc(-c2cc(-c3cccc4c3[nH]c3c5ccccc5c5ccccc5c43)cc(-c3cccc4c3sc3ccccc34)c2)cc1. The predicted octanol–water partition coefficient (Wildman–Crippen LogP) is 13.0. The number of thiophene rings is 1. The van der Waals surface area contributed by atoms with E-state index in [-0.39, 0.29) is 0 Å². The third-order valence-electron chi connectivity index (χ3n) is 9.58. The molecule has 0 aliphatic carbocycles. The first-order chi connectivity index (χ1) is 22.8. The van der Waals surface area contributed by atoms with E-state index in [2.05, 4.69) is 163 Å². The minimum atomic E-state index is 1.18. The predicted molar refractivity (Wildman–Crippen MR) is 200 cm³/mol. The molecule has 8 aromatic carbocycles. The van der Waals surface area contributed by atoms with E-state index in [1.54, 1.807) is 0 Å². The zero-order valence-electron chi connectivity index (χ0n) is 24.9. The molecule has 2 heteroatoms. The van der Waals surface area contributed by atoms with Gasteiger partial charge < -0.3 is 4.98 Å². The van der Waals surface area contributed by atoms with Crippen molar-refractivity contribution in [3.63, 3.8) is 0 Å². The second-order valence-electron chi connectivity index (χ2n) is 12.1. The quantitative estimate of drug-likeness (QED) is 0.194. The maximum Gasteiger partial charge on any atom is 0.0551 e. The molecule has 1 N–H and O–H groups in total. The molecule has 0 radical (unpaired) electrons. The normalized spacial score (nSPS) is 11.9. The fraction of sp³-hybridized carbons (Fsp3) is 0. The number of nitrogens with one attached hydrogen (secondary N) is 1. The minimum Gasteiger partial charge on any atom is -0.353 e. The lowest BCUT2D eigenvalue weighted by atomic mass is 9.91. The molecule has 0 aliphatic rings. The van der Waals surface area contributed by atoms with Crippen molar-refractivity contribution in [2.45, 2.75) is 0 Å². The number of rotatable bonds is 3. The molecule has 2 heterocycles. The van der Waals surface area contributed by atoms with Crippen molar-refractivity contribution < 1.29 is 0 Å². The average molecular weight is 602 g/mol. The van der Waals surface area contributed by atoms with Crippen LogP contribution in [-0.4, -0.2) is 4.98 Å². The Morgan fingerprint density at radius 2 is 0.913 bits per heavy atom. The standard InChI is InChI=1S/C44H27NS/c1-2-12-27(13-3-1)28-24-29(26-30(25-28)32-20-11-21-38-35-16-8-9-23-40(35)46-44(32)38)31-19-10-22-39-41-36-17-6-4-14-33(36)34-15-5-7-18-37(34)43(41)45-42(31)39/h1-26,45H. The molecule has 0 saturated carbocycles. The van der Waals surface area contributed by atoms with Crippen LogP contribution in [0.25, 0.3) is 96.9 Å². The number of fused-ring (bicyclic) bond motifs is 11. The fourth-order valence-electron chi connectivity index (χ4n) is 7.52. The van der Waals surface area contributed by atoms with Crippen LogP contribution in [0.2, 0.25) is 0 Å². The third-order valence-corrected chi connectivity index (χ3v) is 10.8. The summed E-state index contributed by atoms with van der Waals surface area (Å²) >= 11 is 1.89. The molecule has 0 atom stereocenters. The first-order valence-corrected chi connectivity index (χ1v) is 16.6. The van der Waals surface area contributed by atoms with Crippen molar-refractivity contribution in [2.75, 3.05) is 0 Å². The summed E-state index contributed by atoms with van der Waals surface area (Å²) in [6.07, 6.45) is 0. The lowest BCUT2D eigenvalue weighted by Gasteiger charge is -2.13. The van der Waals surface area contributed by atoms with E-state index in [1.165, 1.54) is 96.9 Å². The van der Waals surface area contributed by atoms with Crippen LogP contribution in [0, 0.1) is 0 Å². The Morgan fingerprint density at radius 1 is 0.348 bits per heavy atom. The second kappa shape index (κ2) is 9.90. The van der Waals surface area contributed by atoms with Crippen LogP contribution in [0.15, 0.2) is 158 Å². The first kappa shape index (κ1) is 25.6. The summed E-state index contributed by atoms with van der Waals surface area (Å²) in [5, 5.41) is 10.3. The highest BCUT2D eigenvalue weighted by Crippen LogP contribution is 2.44.